The number of sulfonamides is 1. The lowest BCUT2D eigenvalue weighted by atomic mass is 10.1. The van der Waals surface area contributed by atoms with Gasteiger partial charge in [-0.2, -0.15) is 0 Å². The van der Waals surface area contributed by atoms with Crippen LogP contribution in [0, 0.1) is 11.7 Å². The van der Waals surface area contributed by atoms with Crippen LogP contribution >= 0.6 is 11.6 Å². The number of aliphatic hydroxyl groups excluding tert-OH is 1. The summed E-state index contributed by atoms with van der Waals surface area (Å²) in [4.78, 5) is -0.115. The molecule has 1 aliphatic rings. The van der Waals surface area contributed by atoms with Crippen LogP contribution in [0.15, 0.2) is 23.1 Å². The van der Waals surface area contributed by atoms with Gasteiger partial charge in [0.2, 0.25) is 10.0 Å². The lowest BCUT2D eigenvalue weighted by molar-refractivity contribution is 0.123. The second-order valence-electron chi connectivity index (χ2n) is 5.12. The van der Waals surface area contributed by atoms with E-state index in [1.165, 1.54) is 11.4 Å². The molecule has 1 aliphatic carbocycles. The van der Waals surface area contributed by atoms with Crippen LogP contribution in [0.25, 0.3) is 0 Å². The summed E-state index contributed by atoms with van der Waals surface area (Å²) < 4.78 is 39.0. The van der Waals surface area contributed by atoms with Gasteiger partial charge in [0.15, 0.2) is 0 Å². The molecular weight excluding hydrogens is 305 g/mol. The highest BCUT2D eigenvalue weighted by atomic mass is 35.5. The Morgan fingerprint density at radius 2 is 2.15 bits per heavy atom. The Labute approximate surface area is 123 Å². The molecule has 0 radical (unpaired) electrons. The maximum Gasteiger partial charge on any atom is 0.244 e. The number of hydrogen-bond donors (Lipinski definition) is 1. The average Bonchev–Trinajstić information content (AvgIpc) is 2.74. The minimum atomic E-state index is -3.77. The summed E-state index contributed by atoms with van der Waals surface area (Å²) in [5.41, 5.74) is 0. The minimum absolute atomic E-state index is 0.0611. The third kappa shape index (κ3) is 3.14. The molecule has 0 bridgehead atoms. The largest absolute Gasteiger partial charge is 0.393 e. The van der Waals surface area contributed by atoms with Crippen LogP contribution < -0.4 is 0 Å². The van der Waals surface area contributed by atoms with Gasteiger partial charge >= 0.3 is 0 Å². The SMILES string of the molecule is CN(CC1CCCC1O)S(=O)(=O)c1ccc(F)cc1Cl. The fourth-order valence-corrected chi connectivity index (χ4v) is 4.24. The molecule has 112 valence electrons. The molecule has 0 amide bonds. The van der Waals surface area contributed by atoms with Crippen molar-refractivity contribution in [2.24, 2.45) is 5.92 Å². The van der Waals surface area contributed by atoms with E-state index >= 15 is 0 Å². The fraction of sp³-hybridized carbons (Fsp3) is 0.538. The van der Waals surface area contributed by atoms with E-state index in [2.05, 4.69) is 0 Å². The molecule has 0 saturated heterocycles. The number of aliphatic hydroxyl groups is 1. The van der Waals surface area contributed by atoms with Crippen molar-refractivity contribution in [3.05, 3.63) is 29.0 Å². The highest BCUT2D eigenvalue weighted by Crippen LogP contribution is 2.29. The van der Waals surface area contributed by atoms with E-state index in [0.29, 0.717) is 6.42 Å². The Morgan fingerprint density at radius 1 is 1.45 bits per heavy atom. The van der Waals surface area contributed by atoms with Crippen LogP contribution in [0.1, 0.15) is 19.3 Å². The molecule has 1 aromatic rings. The van der Waals surface area contributed by atoms with E-state index in [1.807, 2.05) is 0 Å². The zero-order chi connectivity index (χ0) is 14.9. The molecule has 4 nitrogen and oxygen atoms in total. The molecule has 2 rings (SSSR count). The molecule has 1 saturated carbocycles. The molecule has 0 heterocycles. The Hall–Kier alpha value is -0.690. The average molecular weight is 322 g/mol. The van der Waals surface area contributed by atoms with Gasteiger partial charge in [0.05, 0.1) is 11.1 Å². The van der Waals surface area contributed by atoms with Crippen molar-refractivity contribution < 1.29 is 17.9 Å². The Kier molecular flexibility index (Phi) is 4.69. The quantitative estimate of drug-likeness (QED) is 0.925. The van der Waals surface area contributed by atoms with Gasteiger partial charge < -0.3 is 5.11 Å². The summed E-state index contributed by atoms with van der Waals surface area (Å²) in [5.74, 6) is -0.642. The van der Waals surface area contributed by atoms with Crippen molar-refractivity contribution >= 4 is 21.6 Å². The van der Waals surface area contributed by atoms with Crippen molar-refractivity contribution in [2.45, 2.75) is 30.3 Å². The van der Waals surface area contributed by atoms with Crippen LogP contribution in [0.2, 0.25) is 5.02 Å². The van der Waals surface area contributed by atoms with Crippen molar-refractivity contribution in [3.8, 4) is 0 Å². The molecule has 0 aliphatic heterocycles. The lowest BCUT2D eigenvalue weighted by Crippen LogP contribution is -2.34. The minimum Gasteiger partial charge on any atom is -0.393 e. The zero-order valence-electron chi connectivity index (χ0n) is 11.1. The predicted molar refractivity (Wildman–Crippen MR) is 74.6 cm³/mol. The second-order valence-corrected chi connectivity index (χ2v) is 7.54. The normalized spacial score (nSPS) is 23.4. The summed E-state index contributed by atoms with van der Waals surface area (Å²) in [6.07, 6.45) is 1.95. The van der Waals surface area contributed by atoms with Crippen molar-refractivity contribution in [1.82, 2.24) is 4.31 Å². The maximum absolute atomic E-state index is 13.0. The fourth-order valence-electron chi connectivity index (χ4n) is 2.51. The summed E-state index contributed by atoms with van der Waals surface area (Å²) in [6, 6.07) is 3.21. The number of nitrogens with zero attached hydrogens (tertiary/aromatic N) is 1. The molecule has 2 atom stereocenters. The van der Waals surface area contributed by atoms with Gasteiger partial charge in [0.1, 0.15) is 10.7 Å². The van der Waals surface area contributed by atoms with Gasteiger partial charge in [-0.1, -0.05) is 18.0 Å². The third-order valence-electron chi connectivity index (χ3n) is 3.69. The predicted octanol–water partition coefficient (Wildman–Crippen LogP) is 2.26. The van der Waals surface area contributed by atoms with Crippen molar-refractivity contribution in [3.63, 3.8) is 0 Å². The van der Waals surface area contributed by atoms with Crippen molar-refractivity contribution in [2.75, 3.05) is 13.6 Å². The van der Waals surface area contributed by atoms with E-state index < -0.39 is 21.9 Å². The van der Waals surface area contributed by atoms with Crippen LogP contribution in [-0.2, 0) is 10.0 Å². The molecule has 1 N–H and O–H groups in total. The van der Waals surface area contributed by atoms with Gasteiger partial charge in [0.25, 0.3) is 0 Å². The van der Waals surface area contributed by atoms with Gasteiger partial charge in [-0.05, 0) is 37.0 Å². The van der Waals surface area contributed by atoms with E-state index in [0.717, 1.165) is 31.0 Å². The summed E-state index contributed by atoms with van der Waals surface area (Å²) in [7, 11) is -2.33. The number of rotatable bonds is 4. The monoisotopic (exact) mass is 321 g/mol. The van der Waals surface area contributed by atoms with E-state index in [4.69, 9.17) is 11.6 Å². The molecule has 1 fully saturated rings. The topological polar surface area (TPSA) is 57.6 Å². The van der Waals surface area contributed by atoms with E-state index in [1.54, 1.807) is 0 Å². The highest BCUT2D eigenvalue weighted by Gasteiger charge is 2.31. The van der Waals surface area contributed by atoms with Gasteiger partial charge in [-0.3, -0.25) is 0 Å². The number of hydrogen-bond acceptors (Lipinski definition) is 3. The second kappa shape index (κ2) is 5.97. The first-order valence-corrected chi connectivity index (χ1v) is 8.23. The lowest BCUT2D eigenvalue weighted by Gasteiger charge is -2.23. The zero-order valence-corrected chi connectivity index (χ0v) is 12.7. The summed E-state index contributed by atoms with van der Waals surface area (Å²) in [5, 5.41) is 9.63. The molecule has 1 aromatic carbocycles. The Morgan fingerprint density at radius 3 is 2.70 bits per heavy atom. The third-order valence-corrected chi connectivity index (χ3v) is 6.00. The molecule has 2 unspecified atom stereocenters. The molecule has 0 aromatic heterocycles. The van der Waals surface area contributed by atoms with Crippen LogP contribution in [0.3, 0.4) is 0 Å². The Balaban J connectivity index is 2.20. The molecular formula is C13H17ClFNO3S. The smallest absolute Gasteiger partial charge is 0.244 e. The maximum atomic E-state index is 13.0. The van der Waals surface area contributed by atoms with Gasteiger partial charge in [-0.25, -0.2) is 17.1 Å². The van der Waals surface area contributed by atoms with E-state index in [-0.39, 0.29) is 22.4 Å². The van der Waals surface area contributed by atoms with Crippen LogP contribution in [0.5, 0.6) is 0 Å². The van der Waals surface area contributed by atoms with Gasteiger partial charge in [-0.15, -0.1) is 0 Å². The molecule has 20 heavy (non-hydrogen) atoms. The first-order chi connectivity index (χ1) is 9.32. The number of halogens is 2. The first-order valence-electron chi connectivity index (χ1n) is 6.42. The van der Waals surface area contributed by atoms with Gasteiger partial charge in [0, 0.05) is 13.6 Å². The molecule has 7 heteroatoms. The standard InChI is InChI=1S/C13H17ClFNO3S/c1-16(8-9-3-2-4-12(9)17)20(18,19)13-6-5-10(15)7-11(13)14/h5-7,9,12,17H,2-4,8H2,1H3. The number of benzene rings is 1. The van der Waals surface area contributed by atoms with Crippen LogP contribution in [-0.4, -0.2) is 37.5 Å². The highest BCUT2D eigenvalue weighted by molar-refractivity contribution is 7.89. The first kappa shape index (κ1) is 15.7. The van der Waals surface area contributed by atoms with E-state index in [9.17, 15) is 17.9 Å². The van der Waals surface area contributed by atoms with Crippen molar-refractivity contribution in [1.29, 1.82) is 0 Å². The summed E-state index contributed by atoms with van der Waals surface area (Å²) in [6.45, 7) is 0.233. The Bertz CT molecular complexity index is 593. The summed E-state index contributed by atoms with van der Waals surface area (Å²) >= 11 is 5.81. The molecule has 0 spiro atoms. The van der Waals surface area contributed by atoms with Crippen LogP contribution in [0.4, 0.5) is 4.39 Å².